The molecule has 0 heterocycles. The predicted octanol–water partition coefficient (Wildman–Crippen LogP) is -1.20. The lowest BCUT2D eigenvalue weighted by atomic mass is 10.8. The van der Waals surface area contributed by atoms with Crippen LogP contribution < -0.4 is 0 Å². The first-order valence-electron chi connectivity index (χ1n) is 0.919. The average molecular weight is 130 g/mol. The number of halogens is 1. The van der Waals surface area contributed by atoms with Crippen molar-refractivity contribution < 1.29 is 23.6 Å². The summed E-state index contributed by atoms with van der Waals surface area (Å²) < 4.78 is 21.4. The van der Waals surface area contributed by atoms with E-state index in [2.05, 4.69) is 4.73 Å². The Labute approximate surface area is 41.0 Å². The van der Waals surface area contributed by atoms with E-state index < -0.39 is 7.82 Å². The fourth-order valence-electron chi connectivity index (χ4n) is 0. The summed E-state index contributed by atoms with van der Waals surface area (Å²) in [5.41, 5.74) is 0. The van der Waals surface area contributed by atoms with Gasteiger partial charge in [0.25, 0.3) is 0 Å². The molecule has 0 atom stereocenters. The summed E-state index contributed by atoms with van der Waals surface area (Å²) in [6, 6.07) is 0. The van der Waals surface area contributed by atoms with Crippen LogP contribution in [-0.2, 0) is 9.29 Å². The lowest BCUT2D eigenvalue weighted by Crippen LogP contribution is -1.71. The van der Waals surface area contributed by atoms with Crippen molar-refractivity contribution in [1.29, 1.82) is 0 Å². The molecule has 0 fully saturated rings. The molecule has 0 saturated heterocycles. The molecule has 0 saturated carbocycles. The molecular weight excluding hydrogens is 125 g/mol. The normalized spacial score (nSPS) is 10.1. The van der Waals surface area contributed by atoms with E-state index in [1.807, 2.05) is 0 Å². The molecule has 7 heteroatoms. The quantitative estimate of drug-likeness (QED) is 0.345. The number of phosphoric acid groups is 1. The third-order valence-corrected chi connectivity index (χ3v) is 0.270. The Morgan fingerprint density at radius 2 is 1.71 bits per heavy atom. The van der Waals surface area contributed by atoms with Crippen LogP contribution in [0, 0.1) is 0 Å². The van der Waals surface area contributed by atoms with Crippen molar-refractivity contribution >= 4 is 16.2 Å². The lowest BCUT2D eigenvalue weighted by Gasteiger charge is -1.87. The second-order valence-corrected chi connectivity index (χ2v) is 1.68. The Balaban J connectivity index is 0. The van der Waals surface area contributed by atoms with E-state index in [9.17, 15) is 4.53 Å². The minimum atomic E-state index is -4.81. The molecule has 0 aromatic heterocycles. The molecule has 0 aliphatic rings. The summed E-state index contributed by atoms with van der Waals surface area (Å²) in [7, 11) is -4.81. The second-order valence-electron chi connectivity index (χ2n) is 0.560. The van der Waals surface area contributed by atoms with Gasteiger partial charge in [0.1, 0.15) is 0 Å². The third kappa shape index (κ3) is 10.7. The highest BCUT2D eigenvalue weighted by Gasteiger charge is 2.12. The summed E-state index contributed by atoms with van der Waals surface area (Å²) in [4.78, 5) is 14.7. The molecule has 4 nitrogen and oxygen atoms in total. The van der Waals surface area contributed by atoms with E-state index in [1.54, 1.807) is 0 Å². The van der Waals surface area contributed by atoms with Crippen molar-refractivity contribution in [3.63, 3.8) is 0 Å². The van der Waals surface area contributed by atoms with Crippen LogP contribution in [0.15, 0.2) is 0 Å². The largest absolute Gasteiger partial charge is 0.500 e. The van der Waals surface area contributed by atoms with Gasteiger partial charge in [-0.25, -0.2) is 4.57 Å². The predicted molar refractivity (Wildman–Crippen MR) is 24.2 cm³/mol. The third-order valence-electron chi connectivity index (χ3n) is 0.0899. The molecule has 0 spiro atoms. The fourth-order valence-corrected chi connectivity index (χ4v) is 0. The van der Waals surface area contributed by atoms with Crippen LogP contribution in [0.4, 0.5) is 4.53 Å². The van der Waals surface area contributed by atoms with Gasteiger partial charge < -0.3 is 9.79 Å². The second kappa shape index (κ2) is 3.15. The van der Waals surface area contributed by atoms with Gasteiger partial charge >= 0.3 is 7.82 Å². The maximum absolute atomic E-state index is 10.2. The Kier molecular flexibility index (Phi) is 4.57. The van der Waals surface area contributed by atoms with Crippen LogP contribution in [0.25, 0.3) is 0 Å². The first-order valence-corrected chi connectivity index (χ1v) is 2.45. The average Bonchev–Trinajstić information content (AvgIpc) is 1.35. The van der Waals surface area contributed by atoms with Gasteiger partial charge in [0.05, 0.1) is 8.41 Å². The van der Waals surface area contributed by atoms with Crippen molar-refractivity contribution in [2.75, 3.05) is 0 Å². The Morgan fingerprint density at radius 3 is 1.71 bits per heavy atom. The van der Waals surface area contributed by atoms with Gasteiger partial charge in [-0.15, -0.1) is 0 Å². The van der Waals surface area contributed by atoms with Crippen molar-refractivity contribution in [2.45, 2.75) is 0 Å². The highest BCUT2D eigenvalue weighted by molar-refractivity contribution is 7.46. The maximum atomic E-state index is 10.2. The molecule has 0 radical (unpaired) electrons. The van der Waals surface area contributed by atoms with Gasteiger partial charge in [-0.1, -0.05) is 4.73 Å². The van der Waals surface area contributed by atoms with Crippen LogP contribution in [0.1, 0.15) is 0 Å². The smallest absolute Gasteiger partial charge is 0.301 e. The first-order chi connectivity index (χ1) is 2.56. The summed E-state index contributed by atoms with van der Waals surface area (Å²) >= 11 is 0. The standard InChI is InChI=1S/BH3.FH2O4P/c;1-5-6(2,3)4/h1H3;(H2,2,3,4). The summed E-state index contributed by atoms with van der Waals surface area (Å²) in [6.45, 7) is 0. The highest BCUT2D eigenvalue weighted by Crippen LogP contribution is 2.35. The summed E-state index contributed by atoms with van der Waals surface area (Å²) in [5.74, 6) is 0. The van der Waals surface area contributed by atoms with Crippen LogP contribution in [0.5, 0.6) is 0 Å². The van der Waals surface area contributed by atoms with E-state index in [0.717, 1.165) is 0 Å². The van der Waals surface area contributed by atoms with Gasteiger partial charge in [-0.05, 0) is 4.53 Å². The molecule has 7 heavy (non-hydrogen) atoms. The van der Waals surface area contributed by atoms with Gasteiger partial charge in [0.15, 0.2) is 0 Å². The minimum absolute atomic E-state index is 0. The minimum Gasteiger partial charge on any atom is -0.301 e. The molecule has 0 aliphatic carbocycles. The summed E-state index contributed by atoms with van der Waals surface area (Å²) in [6.07, 6.45) is 0. The zero-order chi connectivity index (χ0) is 5.21. The zero-order valence-corrected chi connectivity index (χ0v) is 3.43. The fraction of sp³-hybridized carbons (Fsp3) is 0. The van der Waals surface area contributed by atoms with Gasteiger partial charge in [0, 0.05) is 0 Å². The van der Waals surface area contributed by atoms with Gasteiger partial charge in [0.2, 0.25) is 0 Å². The molecule has 0 aromatic carbocycles. The van der Waals surface area contributed by atoms with Crippen LogP contribution in [0.2, 0.25) is 0 Å². The van der Waals surface area contributed by atoms with Crippen molar-refractivity contribution in [3.8, 4) is 0 Å². The number of hydrogen-bond donors (Lipinski definition) is 2. The van der Waals surface area contributed by atoms with Gasteiger partial charge in [-0.2, -0.15) is 0 Å². The number of rotatable bonds is 1. The molecule has 0 aromatic rings. The molecule has 0 unspecified atom stereocenters. The van der Waals surface area contributed by atoms with E-state index >= 15 is 0 Å². The molecule has 0 amide bonds. The van der Waals surface area contributed by atoms with Gasteiger partial charge in [-0.3, -0.25) is 0 Å². The Bertz CT molecular complexity index is 75.8. The molecular formula is H5BFO4P. The van der Waals surface area contributed by atoms with E-state index in [4.69, 9.17) is 14.4 Å². The topological polar surface area (TPSA) is 66.8 Å². The molecule has 44 valence electrons. The monoisotopic (exact) mass is 130 g/mol. The van der Waals surface area contributed by atoms with Crippen LogP contribution in [-0.4, -0.2) is 18.2 Å². The van der Waals surface area contributed by atoms with Crippen LogP contribution >= 0.6 is 7.82 Å². The van der Waals surface area contributed by atoms with Crippen molar-refractivity contribution in [1.82, 2.24) is 0 Å². The molecule has 0 bridgehead atoms. The molecule has 0 aliphatic heterocycles. The number of hydrogen-bond acceptors (Lipinski definition) is 2. The van der Waals surface area contributed by atoms with E-state index in [0.29, 0.717) is 0 Å². The molecule has 2 N–H and O–H groups in total. The first kappa shape index (κ1) is 10.2. The SMILES string of the molecule is B.O=P(O)(O)OF. The van der Waals surface area contributed by atoms with Crippen LogP contribution in [0.3, 0.4) is 0 Å². The lowest BCUT2D eigenvalue weighted by molar-refractivity contribution is -0.0389. The Hall–Kier alpha value is 0.105. The Morgan fingerprint density at radius 1 is 1.57 bits per heavy atom. The highest BCUT2D eigenvalue weighted by atomic mass is 31.2. The zero-order valence-electron chi connectivity index (χ0n) is 2.54. The van der Waals surface area contributed by atoms with E-state index in [-0.39, 0.29) is 8.41 Å². The van der Waals surface area contributed by atoms with E-state index in [1.165, 1.54) is 0 Å². The molecule has 0 rings (SSSR count). The van der Waals surface area contributed by atoms with Crippen molar-refractivity contribution in [2.24, 2.45) is 0 Å². The summed E-state index contributed by atoms with van der Waals surface area (Å²) in [5, 5.41) is 0. The maximum Gasteiger partial charge on any atom is 0.500 e. The van der Waals surface area contributed by atoms with Crippen molar-refractivity contribution in [3.05, 3.63) is 0 Å².